The van der Waals surface area contributed by atoms with Crippen LogP contribution in [0, 0.1) is 0 Å². The van der Waals surface area contributed by atoms with Crippen LogP contribution in [0.1, 0.15) is 15.2 Å². The van der Waals surface area contributed by atoms with Gasteiger partial charge in [0, 0.05) is 1.37 Å². The van der Waals surface area contributed by atoms with Gasteiger partial charge in [-0.2, -0.15) is 0 Å². The van der Waals surface area contributed by atoms with E-state index in [1.165, 1.54) is 6.92 Å². The number of carboxylic acid groups (broad SMARTS) is 1. The van der Waals surface area contributed by atoms with E-state index in [-0.39, 0.29) is 6.90 Å². The van der Waals surface area contributed by atoms with Gasteiger partial charge in [-0.05, 0) is 13.8 Å². The average molecular weight is 104 g/mol. The van der Waals surface area contributed by atoms with Crippen LogP contribution in [0.4, 0.5) is 0 Å². The van der Waals surface area contributed by atoms with Crippen LogP contribution in [-0.4, -0.2) is 16.6 Å². The summed E-state index contributed by atoms with van der Waals surface area (Å²) >= 11 is 0. The molecule has 0 radical (unpaired) electrons. The minimum atomic E-state index is -1.38. The highest BCUT2D eigenvalue weighted by Crippen LogP contribution is 1.93. The third-order valence-corrected chi connectivity index (χ3v) is 0.489. The predicted molar refractivity (Wildman–Crippen MR) is 25.9 cm³/mol. The molecule has 0 saturated carbocycles. The molecule has 3 heteroatoms. The van der Waals surface area contributed by atoms with Gasteiger partial charge in [0.25, 0.3) is 0 Å². The van der Waals surface area contributed by atoms with Gasteiger partial charge >= 0.3 is 5.97 Å². The van der Waals surface area contributed by atoms with Crippen LogP contribution < -0.4 is 5.73 Å². The van der Waals surface area contributed by atoms with Gasteiger partial charge in [-0.25, -0.2) is 0 Å². The molecule has 3 nitrogen and oxygen atoms in total. The summed E-state index contributed by atoms with van der Waals surface area (Å²) in [4.78, 5) is 10.0. The maximum Gasteiger partial charge on any atom is 0.323 e. The summed E-state index contributed by atoms with van der Waals surface area (Å²) in [6.45, 7) is 1.02. The van der Waals surface area contributed by atoms with Crippen LogP contribution in [0.3, 0.4) is 0 Å². The van der Waals surface area contributed by atoms with Gasteiger partial charge < -0.3 is 10.8 Å². The lowest BCUT2D eigenvalue weighted by Crippen LogP contribution is -2.41. The van der Waals surface area contributed by atoms with Crippen molar-refractivity contribution in [3.8, 4) is 0 Å². The molecule has 0 aliphatic carbocycles. The molecule has 7 heavy (non-hydrogen) atoms. The van der Waals surface area contributed by atoms with Crippen molar-refractivity contribution >= 4 is 5.97 Å². The zero-order valence-electron chi connectivity index (χ0n) is 5.14. The number of carbonyl (C=O) groups is 1. The van der Waals surface area contributed by atoms with E-state index in [0.29, 0.717) is 0 Å². The number of carboxylic acids is 1. The van der Waals surface area contributed by atoms with Gasteiger partial charge in [0.1, 0.15) is 5.54 Å². The molecule has 0 aromatic carbocycles. The highest BCUT2D eigenvalue weighted by molar-refractivity contribution is 5.77. The Balaban J connectivity index is 3.91. The van der Waals surface area contributed by atoms with Crippen molar-refractivity contribution in [2.75, 3.05) is 0 Å². The number of hydrogen-bond donors (Lipinski definition) is 2. The van der Waals surface area contributed by atoms with Gasteiger partial charge in [0.2, 0.25) is 0 Å². The van der Waals surface area contributed by atoms with E-state index < -0.39 is 11.5 Å². The molecule has 0 aromatic rings. The molecule has 1 unspecified atom stereocenters. The monoisotopic (exact) mass is 104 g/mol. The Morgan fingerprint density at radius 1 is 2.14 bits per heavy atom. The highest BCUT2D eigenvalue weighted by atomic mass is 16.4. The van der Waals surface area contributed by atoms with Crippen molar-refractivity contribution in [3.05, 3.63) is 0 Å². The quantitative estimate of drug-likeness (QED) is 0.484. The predicted octanol–water partition coefficient (Wildman–Crippen LogP) is -0.192. The molecule has 0 aliphatic heterocycles. The fraction of sp³-hybridized carbons (Fsp3) is 0.750. The molecule has 0 aromatic heterocycles. The van der Waals surface area contributed by atoms with Gasteiger partial charge in [0.15, 0.2) is 0 Å². The Morgan fingerprint density at radius 3 is 2.57 bits per heavy atom. The number of aliphatic carboxylic acids is 1. The summed E-state index contributed by atoms with van der Waals surface area (Å²) in [6.07, 6.45) is 0. The second kappa shape index (κ2) is 1.50. The first-order valence-electron chi connectivity index (χ1n) is 2.53. The average Bonchev–Trinajstić information content (AvgIpc) is 1.67. The van der Waals surface area contributed by atoms with Crippen LogP contribution in [0.15, 0.2) is 0 Å². The lowest BCUT2D eigenvalue weighted by molar-refractivity contribution is -0.141. The molecule has 0 rings (SSSR count). The van der Waals surface area contributed by atoms with Crippen molar-refractivity contribution < 1.29 is 11.3 Å². The fourth-order valence-corrected chi connectivity index (χ4v) is 0. The summed E-state index contributed by atoms with van der Waals surface area (Å²) in [6, 6.07) is 0. The number of nitrogens with two attached hydrogens (primary N) is 1. The first-order valence-corrected chi connectivity index (χ1v) is 1.82. The van der Waals surface area contributed by atoms with Gasteiger partial charge in [0.05, 0.1) is 0 Å². The molecule has 1 atom stereocenters. The maximum atomic E-state index is 10.0. The summed E-state index contributed by atoms with van der Waals surface area (Å²) in [5.41, 5.74) is 3.70. The third-order valence-electron chi connectivity index (χ3n) is 0.489. The first kappa shape index (κ1) is 4.59. The molecule has 42 valence electrons. The van der Waals surface area contributed by atoms with E-state index in [1.807, 2.05) is 0 Å². The highest BCUT2D eigenvalue weighted by Gasteiger charge is 2.19. The Labute approximate surface area is 43.5 Å². The zero-order chi connectivity index (χ0) is 6.78. The number of rotatable bonds is 1. The Bertz CT molecular complexity index is 102. The van der Waals surface area contributed by atoms with E-state index >= 15 is 0 Å². The lowest BCUT2D eigenvalue weighted by atomic mass is 10.1. The second-order valence-electron chi connectivity index (χ2n) is 1.72. The maximum absolute atomic E-state index is 10.0. The molecule has 0 spiro atoms. The first-order chi connectivity index (χ1) is 3.50. The van der Waals surface area contributed by atoms with Gasteiger partial charge in [-0.3, -0.25) is 4.79 Å². The smallest absolute Gasteiger partial charge is 0.323 e. The van der Waals surface area contributed by atoms with Crippen LogP contribution in [0.5, 0.6) is 0 Å². The summed E-state index contributed by atoms with van der Waals surface area (Å²) < 4.78 is 6.63. The zero-order valence-corrected chi connectivity index (χ0v) is 4.14. The van der Waals surface area contributed by atoms with Crippen molar-refractivity contribution in [3.63, 3.8) is 0 Å². The van der Waals surface area contributed by atoms with Crippen LogP contribution in [0.2, 0.25) is 0 Å². The minimum Gasteiger partial charge on any atom is -0.480 e. The van der Waals surface area contributed by atoms with E-state index in [1.54, 1.807) is 0 Å². The normalized spacial score (nSPS) is 20.0. The third kappa shape index (κ3) is 2.17. The minimum absolute atomic E-state index is 0.289. The lowest BCUT2D eigenvalue weighted by Gasteiger charge is -2.09. The second-order valence-corrected chi connectivity index (χ2v) is 1.72. The van der Waals surface area contributed by atoms with Gasteiger partial charge in [-0.1, -0.05) is 0 Å². The number of hydrogen-bond acceptors (Lipinski definition) is 2. The Hall–Kier alpha value is -0.570. The van der Waals surface area contributed by atoms with Crippen molar-refractivity contribution in [2.24, 2.45) is 5.73 Å². The standard InChI is InChI=1S/C4H9NO2/c1-4(2,5)3(6)7/h5H2,1-2H3,(H,6,7)/i1D. The van der Waals surface area contributed by atoms with E-state index in [9.17, 15) is 4.79 Å². The molecule has 0 saturated heterocycles. The SMILES string of the molecule is [2H]CC(C)(N)C(=O)O. The summed E-state index contributed by atoms with van der Waals surface area (Å²) in [5.74, 6) is -1.13. The Morgan fingerprint density at radius 2 is 2.57 bits per heavy atom. The van der Waals surface area contributed by atoms with Crippen LogP contribution >= 0.6 is 0 Å². The van der Waals surface area contributed by atoms with Crippen molar-refractivity contribution in [1.29, 1.82) is 0 Å². The molecule has 0 fully saturated rings. The molecule has 0 aliphatic rings. The van der Waals surface area contributed by atoms with Crippen molar-refractivity contribution in [2.45, 2.75) is 19.4 Å². The van der Waals surface area contributed by atoms with Crippen LogP contribution in [0.25, 0.3) is 0 Å². The molecule has 3 N–H and O–H groups in total. The van der Waals surface area contributed by atoms with E-state index in [4.69, 9.17) is 12.2 Å². The molecule has 0 bridgehead atoms. The molecular formula is C4H9NO2. The fourth-order valence-electron chi connectivity index (χ4n) is 0. The Kier molecular flexibility index (Phi) is 0.982. The topological polar surface area (TPSA) is 63.3 Å². The van der Waals surface area contributed by atoms with Gasteiger partial charge in [-0.15, -0.1) is 0 Å². The summed E-state index contributed by atoms with van der Waals surface area (Å²) in [5, 5.41) is 8.20. The van der Waals surface area contributed by atoms with Crippen molar-refractivity contribution in [1.82, 2.24) is 0 Å². The van der Waals surface area contributed by atoms with Crippen LogP contribution in [-0.2, 0) is 4.79 Å². The largest absolute Gasteiger partial charge is 0.480 e. The van der Waals surface area contributed by atoms with E-state index in [0.717, 1.165) is 0 Å². The summed E-state index contributed by atoms with van der Waals surface area (Å²) in [7, 11) is 0. The molecule has 0 heterocycles. The van der Waals surface area contributed by atoms with E-state index in [2.05, 4.69) is 0 Å². The molecular weight excluding hydrogens is 94.0 g/mol. The molecule has 0 amide bonds.